The Balaban J connectivity index is 2.15. The van der Waals surface area contributed by atoms with E-state index in [1.807, 2.05) is 0 Å². The number of hydrogen-bond acceptors (Lipinski definition) is 4. The lowest BCUT2D eigenvalue weighted by Gasteiger charge is -2.22. The quantitative estimate of drug-likeness (QED) is 0.459. The van der Waals surface area contributed by atoms with E-state index in [0.29, 0.717) is 23.0 Å². The van der Waals surface area contributed by atoms with Gasteiger partial charge in [-0.3, -0.25) is 9.59 Å². The number of rotatable bonds is 8. The zero-order chi connectivity index (χ0) is 23.3. The molecule has 0 spiro atoms. The second kappa shape index (κ2) is 9.55. The molecule has 0 aliphatic rings. The highest BCUT2D eigenvalue weighted by Crippen LogP contribution is 2.43. The highest BCUT2D eigenvalue weighted by molar-refractivity contribution is 5.75. The van der Waals surface area contributed by atoms with Crippen LogP contribution in [0.4, 0.5) is 18.9 Å². The molecule has 0 saturated carbocycles. The summed E-state index contributed by atoms with van der Waals surface area (Å²) in [5, 5.41) is 12.1. The molecule has 0 saturated heterocycles. The van der Waals surface area contributed by atoms with Crippen molar-refractivity contribution in [3.05, 3.63) is 83.4 Å². The molecule has 0 bridgehead atoms. The van der Waals surface area contributed by atoms with Crippen LogP contribution < -0.4 is 10.1 Å². The van der Waals surface area contributed by atoms with Gasteiger partial charge in [-0.2, -0.15) is 13.2 Å². The van der Waals surface area contributed by atoms with Crippen molar-refractivity contribution < 1.29 is 32.6 Å². The van der Waals surface area contributed by atoms with Crippen LogP contribution in [0.15, 0.2) is 66.7 Å². The van der Waals surface area contributed by atoms with E-state index >= 15 is 0 Å². The first-order valence-corrected chi connectivity index (χ1v) is 9.64. The fraction of sp³-hybridized carbons (Fsp3) is 0.167. The Bertz CT molecular complexity index is 1100. The zero-order valence-corrected chi connectivity index (χ0v) is 17.0. The maximum absolute atomic E-state index is 14.0. The number of aliphatic carboxylic acids is 1. The number of aldehydes is 1. The van der Waals surface area contributed by atoms with Gasteiger partial charge in [0.15, 0.2) is 12.4 Å². The summed E-state index contributed by atoms with van der Waals surface area (Å²) in [4.78, 5) is 23.0. The van der Waals surface area contributed by atoms with E-state index in [2.05, 4.69) is 5.32 Å². The molecule has 32 heavy (non-hydrogen) atoms. The van der Waals surface area contributed by atoms with E-state index in [-0.39, 0.29) is 0 Å². The second-order valence-corrected chi connectivity index (χ2v) is 6.99. The lowest BCUT2D eigenvalue weighted by molar-refractivity contribution is -0.141. The minimum Gasteiger partial charge on any atom is -0.481 e. The Morgan fingerprint density at radius 3 is 2.25 bits per heavy atom. The standard InChI is InChI=1S/C24H20F3NO4/c1-28-19-9-7-16(8-10-19)21(14-29)32-20-12-17(15-5-3-2-4-6-15)11-18(13-22(30)31)23(20)24(25,26)27/h2-12,14,21,28H,13H2,1H3,(H,30,31). The molecule has 0 radical (unpaired) electrons. The average molecular weight is 443 g/mol. The summed E-state index contributed by atoms with van der Waals surface area (Å²) >= 11 is 0. The summed E-state index contributed by atoms with van der Waals surface area (Å²) in [5.74, 6) is -2.02. The number of carboxylic acids is 1. The number of anilines is 1. The topological polar surface area (TPSA) is 75.6 Å². The molecule has 3 aromatic rings. The number of alkyl halides is 3. The zero-order valence-electron chi connectivity index (χ0n) is 17.0. The first-order valence-electron chi connectivity index (χ1n) is 9.64. The fourth-order valence-corrected chi connectivity index (χ4v) is 3.34. The third-order valence-corrected chi connectivity index (χ3v) is 4.82. The third kappa shape index (κ3) is 5.26. The second-order valence-electron chi connectivity index (χ2n) is 6.99. The van der Waals surface area contributed by atoms with Crippen molar-refractivity contribution in [3.8, 4) is 16.9 Å². The van der Waals surface area contributed by atoms with E-state index in [4.69, 9.17) is 4.74 Å². The van der Waals surface area contributed by atoms with Crippen molar-refractivity contribution in [3.63, 3.8) is 0 Å². The smallest absolute Gasteiger partial charge is 0.420 e. The Kier molecular flexibility index (Phi) is 6.82. The van der Waals surface area contributed by atoms with E-state index in [1.54, 1.807) is 61.6 Å². The van der Waals surface area contributed by atoms with Gasteiger partial charge in [-0.05, 0) is 46.5 Å². The molecule has 3 rings (SSSR count). The first-order chi connectivity index (χ1) is 15.2. The van der Waals surface area contributed by atoms with Gasteiger partial charge in [-0.15, -0.1) is 0 Å². The fourth-order valence-electron chi connectivity index (χ4n) is 3.34. The molecule has 0 aliphatic carbocycles. The average Bonchev–Trinajstić information content (AvgIpc) is 2.76. The number of halogens is 3. The highest BCUT2D eigenvalue weighted by atomic mass is 19.4. The van der Waals surface area contributed by atoms with Crippen molar-refractivity contribution in [2.24, 2.45) is 0 Å². The maximum Gasteiger partial charge on any atom is 0.420 e. The number of carboxylic acid groups (broad SMARTS) is 1. The Labute approximate surface area is 182 Å². The van der Waals surface area contributed by atoms with Gasteiger partial charge in [-0.25, -0.2) is 0 Å². The Morgan fingerprint density at radius 2 is 1.72 bits per heavy atom. The van der Waals surface area contributed by atoms with Crippen LogP contribution in [0.1, 0.15) is 22.8 Å². The molecule has 0 aliphatic heterocycles. The van der Waals surface area contributed by atoms with Gasteiger partial charge in [0, 0.05) is 12.7 Å². The van der Waals surface area contributed by atoms with Crippen molar-refractivity contribution >= 4 is 17.9 Å². The molecule has 2 N–H and O–H groups in total. The summed E-state index contributed by atoms with van der Waals surface area (Å²) in [6.07, 6.45) is -6.65. The van der Waals surface area contributed by atoms with Gasteiger partial charge in [0.1, 0.15) is 11.3 Å². The molecule has 166 valence electrons. The number of nitrogens with one attached hydrogen (secondary N) is 1. The Hall–Kier alpha value is -3.81. The lowest BCUT2D eigenvalue weighted by atomic mass is 9.95. The van der Waals surface area contributed by atoms with Gasteiger partial charge in [0.05, 0.1) is 6.42 Å². The predicted molar refractivity (Wildman–Crippen MR) is 114 cm³/mol. The predicted octanol–water partition coefficient (Wildman–Crippen LogP) is 5.36. The van der Waals surface area contributed by atoms with Gasteiger partial charge in [-0.1, -0.05) is 42.5 Å². The minimum absolute atomic E-state index is 0.347. The van der Waals surface area contributed by atoms with E-state index < -0.39 is 41.5 Å². The van der Waals surface area contributed by atoms with Crippen molar-refractivity contribution in [1.82, 2.24) is 0 Å². The number of carbonyl (C=O) groups excluding carboxylic acids is 1. The van der Waals surface area contributed by atoms with Crippen LogP contribution in [0.3, 0.4) is 0 Å². The third-order valence-electron chi connectivity index (χ3n) is 4.82. The van der Waals surface area contributed by atoms with Crippen molar-refractivity contribution in [2.75, 3.05) is 12.4 Å². The van der Waals surface area contributed by atoms with E-state index in [1.165, 1.54) is 12.1 Å². The van der Waals surface area contributed by atoms with Gasteiger partial charge in [0.2, 0.25) is 0 Å². The molecule has 1 atom stereocenters. The van der Waals surface area contributed by atoms with Crippen molar-refractivity contribution in [1.29, 1.82) is 0 Å². The number of carbonyl (C=O) groups is 2. The SMILES string of the molecule is CNc1ccc(C(C=O)Oc2cc(-c3ccccc3)cc(CC(=O)O)c2C(F)(F)F)cc1. The maximum atomic E-state index is 14.0. The summed E-state index contributed by atoms with van der Waals surface area (Å²) in [6.45, 7) is 0. The number of ether oxygens (including phenoxy) is 1. The molecule has 1 unspecified atom stereocenters. The van der Waals surface area contributed by atoms with Crippen LogP contribution in [-0.4, -0.2) is 24.4 Å². The van der Waals surface area contributed by atoms with Crippen LogP contribution in [-0.2, 0) is 22.2 Å². The van der Waals surface area contributed by atoms with Crippen LogP contribution >= 0.6 is 0 Å². The van der Waals surface area contributed by atoms with Crippen LogP contribution in [0.25, 0.3) is 11.1 Å². The van der Waals surface area contributed by atoms with Crippen LogP contribution in [0.2, 0.25) is 0 Å². The van der Waals surface area contributed by atoms with Gasteiger partial charge in [0.25, 0.3) is 0 Å². The highest BCUT2D eigenvalue weighted by Gasteiger charge is 2.39. The van der Waals surface area contributed by atoms with E-state index in [9.17, 15) is 27.9 Å². The first kappa shape index (κ1) is 22.9. The molecular formula is C24H20F3NO4. The summed E-state index contributed by atoms with van der Waals surface area (Å²) < 4.78 is 47.5. The lowest BCUT2D eigenvalue weighted by Crippen LogP contribution is -2.17. The minimum atomic E-state index is -4.89. The number of benzene rings is 3. The normalized spacial score (nSPS) is 12.1. The van der Waals surface area contributed by atoms with Crippen molar-refractivity contribution in [2.45, 2.75) is 18.7 Å². The van der Waals surface area contributed by atoms with E-state index in [0.717, 1.165) is 5.69 Å². The molecule has 8 heteroatoms. The molecule has 3 aromatic carbocycles. The largest absolute Gasteiger partial charge is 0.481 e. The molecule has 5 nitrogen and oxygen atoms in total. The van der Waals surface area contributed by atoms with Crippen LogP contribution in [0, 0.1) is 0 Å². The summed E-state index contributed by atoms with van der Waals surface area (Å²) in [6, 6.07) is 17.4. The monoisotopic (exact) mass is 443 g/mol. The molecule has 0 heterocycles. The van der Waals surface area contributed by atoms with Gasteiger partial charge >= 0.3 is 12.1 Å². The number of hydrogen-bond donors (Lipinski definition) is 2. The van der Waals surface area contributed by atoms with Crippen LogP contribution in [0.5, 0.6) is 5.75 Å². The Morgan fingerprint density at radius 1 is 1.06 bits per heavy atom. The molecular weight excluding hydrogens is 423 g/mol. The molecule has 0 amide bonds. The molecule has 0 fully saturated rings. The summed E-state index contributed by atoms with van der Waals surface area (Å²) in [7, 11) is 1.71. The van der Waals surface area contributed by atoms with Gasteiger partial charge < -0.3 is 15.2 Å². The molecule has 0 aromatic heterocycles. The summed E-state index contributed by atoms with van der Waals surface area (Å²) in [5.41, 5.74) is 0.384.